The molecule has 33 heavy (non-hydrogen) atoms. The zero-order valence-electron chi connectivity index (χ0n) is 19.3. The molecule has 7 nitrogen and oxygen atoms in total. The molecule has 0 unspecified atom stereocenters. The fraction of sp³-hybridized carbons (Fsp3) is 0.250. The van der Waals surface area contributed by atoms with Crippen LogP contribution in [0.4, 0.5) is 5.69 Å². The maximum atomic E-state index is 12.6. The van der Waals surface area contributed by atoms with Crippen LogP contribution in [0.25, 0.3) is 5.69 Å². The van der Waals surface area contributed by atoms with Crippen LogP contribution in [0.2, 0.25) is 0 Å². The SMILES string of the molecule is Cc1cccc(C)c1N(CC(=O)N/N=C/c1cc(C)n(-c2ccc(Br)cc2)c1C)S(C)(=O)=O. The Balaban J connectivity index is 1.77. The van der Waals surface area contributed by atoms with Crippen molar-refractivity contribution in [2.75, 3.05) is 17.1 Å². The first-order valence-corrected chi connectivity index (χ1v) is 12.9. The standard InChI is InChI=1S/C24H27BrN4O3S/c1-16-7-6-8-17(2)24(16)28(33(5,31)32)15-23(30)27-26-14-20-13-18(3)29(19(20)4)22-11-9-21(25)10-12-22/h6-14H,15H2,1-5H3,(H,27,30)/b26-14+. The Kier molecular flexibility index (Phi) is 7.44. The molecule has 1 N–H and O–H groups in total. The molecule has 3 aromatic rings. The number of carbonyl (C=O) groups is 1. The maximum Gasteiger partial charge on any atom is 0.260 e. The molecule has 1 amide bonds. The molecule has 0 aliphatic rings. The topological polar surface area (TPSA) is 83.8 Å². The van der Waals surface area contributed by atoms with Crippen LogP contribution in [0.5, 0.6) is 0 Å². The van der Waals surface area contributed by atoms with Crippen molar-refractivity contribution in [3.63, 3.8) is 0 Å². The molecule has 174 valence electrons. The summed E-state index contributed by atoms with van der Waals surface area (Å²) in [5, 5.41) is 4.07. The molecular weight excluding hydrogens is 504 g/mol. The number of rotatable bonds is 7. The van der Waals surface area contributed by atoms with E-state index in [0.717, 1.165) is 48.8 Å². The number of hydrogen-bond acceptors (Lipinski definition) is 4. The Bertz CT molecular complexity index is 1290. The Hall–Kier alpha value is -2.91. The highest BCUT2D eigenvalue weighted by Crippen LogP contribution is 2.26. The number of sulfonamides is 1. The van der Waals surface area contributed by atoms with Gasteiger partial charge >= 0.3 is 0 Å². The number of amides is 1. The van der Waals surface area contributed by atoms with E-state index in [-0.39, 0.29) is 6.54 Å². The molecular formula is C24H27BrN4O3S. The maximum absolute atomic E-state index is 12.6. The monoisotopic (exact) mass is 530 g/mol. The number of para-hydroxylation sites is 1. The highest BCUT2D eigenvalue weighted by atomic mass is 79.9. The molecule has 0 aliphatic carbocycles. The quantitative estimate of drug-likeness (QED) is 0.363. The second-order valence-electron chi connectivity index (χ2n) is 7.94. The smallest absolute Gasteiger partial charge is 0.260 e. The van der Waals surface area contributed by atoms with Gasteiger partial charge in [0.05, 0.1) is 18.2 Å². The van der Waals surface area contributed by atoms with Crippen molar-refractivity contribution in [3.05, 3.63) is 81.1 Å². The first-order valence-electron chi connectivity index (χ1n) is 10.3. The van der Waals surface area contributed by atoms with E-state index >= 15 is 0 Å². The lowest BCUT2D eigenvalue weighted by Gasteiger charge is -2.25. The van der Waals surface area contributed by atoms with Gasteiger partial charge in [0.1, 0.15) is 6.54 Å². The molecule has 1 heterocycles. The third kappa shape index (κ3) is 5.72. The zero-order chi connectivity index (χ0) is 24.3. The normalized spacial score (nSPS) is 11.7. The van der Waals surface area contributed by atoms with Crippen LogP contribution in [0, 0.1) is 27.7 Å². The van der Waals surface area contributed by atoms with Crippen LogP contribution < -0.4 is 9.73 Å². The van der Waals surface area contributed by atoms with Crippen molar-refractivity contribution in [2.45, 2.75) is 27.7 Å². The van der Waals surface area contributed by atoms with Gasteiger partial charge in [-0.25, -0.2) is 13.8 Å². The average molecular weight is 531 g/mol. The summed E-state index contributed by atoms with van der Waals surface area (Å²) in [6.07, 6.45) is 2.66. The molecule has 0 radical (unpaired) electrons. The zero-order valence-corrected chi connectivity index (χ0v) is 21.7. The number of carbonyl (C=O) groups excluding carboxylic acids is 1. The van der Waals surface area contributed by atoms with Gasteiger partial charge in [-0.1, -0.05) is 34.1 Å². The van der Waals surface area contributed by atoms with Crippen LogP contribution in [0.1, 0.15) is 28.1 Å². The molecule has 0 atom stereocenters. The first-order chi connectivity index (χ1) is 15.5. The minimum absolute atomic E-state index is 0.361. The minimum atomic E-state index is -3.66. The molecule has 1 aromatic heterocycles. The number of halogens is 1. The van der Waals surface area contributed by atoms with Crippen molar-refractivity contribution in [3.8, 4) is 5.69 Å². The second-order valence-corrected chi connectivity index (χ2v) is 10.8. The summed E-state index contributed by atoms with van der Waals surface area (Å²) in [5.74, 6) is -0.527. The molecule has 0 bridgehead atoms. The van der Waals surface area contributed by atoms with Gasteiger partial charge in [-0.2, -0.15) is 5.10 Å². The van der Waals surface area contributed by atoms with Crippen molar-refractivity contribution in [1.82, 2.24) is 9.99 Å². The van der Waals surface area contributed by atoms with Crippen LogP contribution in [0.15, 0.2) is 58.1 Å². The summed E-state index contributed by atoms with van der Waals surface area (Å²) in [6, 6.07) is 15.4. The molecule has 0 aliphatic heterocycles. The van der Waals surface area contributed by atoms with Gasteiger partial charge < -0.3 is 4.57 Å². The van der Waals surface area contributed by atoms with E-state index in [2.05, 4.69) is 31.0 Å². The molecule has 2 aromatic carbocycles. The summed E-state index contributed by atoms with van der Waals surface area (Å²) < 4.78 is 29.0. The first kappa shape index (κ1) is 24.7. The largest absolute Gasteiger partial charge is 0.318 e. The van der Waals surface area contributed by atoms with Crippen molar-refractivity contribution in [1.29, 1.82) is 0 Å². The Morgan fingerprint density at radius 3 is 2.27 bits per heavy atom. The average Bonchev–Trinajstić information content (AvgIpc) is 3.00. The van der Waals surface area contributed by atoms with Crippen molar-refractivity contribution >= 4 is 43.8 Å². The van der Waals surface area contributed by atoms with Gasteiger partial charge in [-0.05, 0) is 69.2 Å². The van der Waals surface area contributed by atoms with E-state index in [1.54, 1.807) is 6.21 Å². The van der Waals surface area contributed by atoms with E-state index in [9.17, 15) is 13.2 Å². The predicted octanol–water partition coefficient (Wildman–Crippen LogP) is 4.39. The lowest BCUT2D eigenvalue weighted by Crippen LogP contribution is -2.39. The fourth-order valence-electron chi connectivity index (χ4n) is 3.81. The number of anilines is 1. The third-order valence-corrected chi connectivity index (χ3v) is 6.97. The fourth-order valence-corrected chi connectivity index (χ4v) is 5.04. The van der Waals surface area contributed by atoms with Crippen LogP contribution in [-0.2, 0) is 14.8 Å². The summed E-state index contributed by atoms with van der Waals surface area (Å²) in [7, 11) is -3.66. The molecule has 0 saturated carbocycles. The Morgan fingerprint density at radius 1 is 1.09 bits per heavy atom. The minimum Gasteiger partial charge on any atom is -0.318 e. The molecule has 9 heteroatoms. The summed E-state index contributed by atoms with van der Waals surface area (Å²) in [5.41, 5.74) is 8.39. The number of aryl methyl sites for hydroxylation is 3. The van der Waals surface area contributed by atoms with E-state index in [4.69, 9.17) is 0 Å². The van der Waals surface area contributed by atoms with E-state index in [1.807, 2.05) is 76.2 Å². The number of nitrogens with one attached hydrogen (secondary N) is 1. The number of benzene rings is 2. The highest BCUT2D eigenvalue weighted by Gasteiger charge is 2.23. The van der Waals surface area contributed by atoms with Crippen molar-refractivity contribution in [2.24, 2.45) is 5.10 Å². The number of hydrogen-bond donors (Lipinski definition) is 1. The third-order valence-electron chi connectivity index (χ3n) is 5.32. The molecule has 3 rings (SSSR count). The summed E-state index contributed by atoms with van der Waals surface area (Å²) in [4.78, 5) is 12.6. The predicted molar refractivity (Wildman–Crippen MR) is 137 cm³/mol. The van der Waals surface area contributed by atoms with Gasteiger partial charge in [0, 0.05) is 27.1 Å². The number of nitrogens with zero attached hydrogens (tertiary/aromatic N) is 3. The van der Waals surface area contributed by atoms with Gasteiger partial charge in [-0.3, -0.25) is 9.10 Å². The van der Waals surface area contributed by atoms with Crippen LogP contribution in [0.3, 0.4) is 0 Å². The lowest BCUT2D eigenvalue weighted by atomic mass is 10.1. The van der Waals surface area contributed by atoms with Crippen LogP contribution in [-0.4, -0.2) is 37.9 Å². The van der Waals surface area contributed by atoms with Gasteiger partial charge in [-0.15, -0.1) is 0 Å². The molecule has 0 saturated heterocycles. The van der Waals surface area contributed by atoms with Crippen LogP contribution >= 0.6 is 15.9 Å². The van der Waals surface area contributed by atoms with Gasteiger partial charge in [0.15, 0.2) is 0 Å². The van der Waals surface area contributed by atoms with Gasteiger partial charge in [0.2, 0.25) is 10.0 Å². The van der Waals surface area contributed by atoms with E-state index < -0.39 is 15.9 Å². The Morgan fingerprint density at radius 2 is 1.70 bits per heavy atom. The molecule has 0 spiro atoms. The second kappa shape index (κ2) is 9.93. The highest BCUT2D eigenvalue weighted by molar-refractivity contribution is 9.10. The van der Waals surface area contributed by atoms with Gasteiger partial charge in [0.25, 0.3) is 5.91 Å². The lowest BCUT2D eigenvalue weighted by molar-refractivity contribution is -0.119. The Labute approximate surface area is 203 Å². The van der Waals surface area contributed by atoms with E-state index in [0.29, 0.717) is 5.69 Å². The summed E-state index contributed by atoms with van der Waals surface area (Å²) >= 11 is 3.45. The number of hydrazone groups is 1. The molecule has 0 fully saturated rings. The van der Waals surface area contributed by atoms with E-state index in [1.165, 1.54) is 0 Å². The van der Waals surface area contributed by atoms with Crippen molar-refractivity contribution < 1.29 is 13.2 Å². The number of aromatic nitrogens is 1. The summed E-state index contributed by atoms with van der Waals surface area (Å²) in [6.45, 7) is 7.25.